The summed E-state index contributed by atoms with van der Waals surface area (Å²) < 4.78 is 10.5. The maximum atomic E-state index is 12.7. The highest BCUT2D eigenvalue weighted by atomic mass is 32.1. The van der Waals surface area contributed by atoms with Gasteiger partial charge in [-0.05, 0) is 31.0 Å². The van der Waals surface area contributed by atoms with E-state index in [0.717, 1.165) is 34.6 Å². The summed E-state index contributed by atoms with van der Waals surface area (Å²) in [4.78, 5) is 27.7. The van der Waals surface area contributed by atoms with E-state index in [4.69, 9.17) is 9.47 Å². The van der Waals surface area contributed by atoms with Gasteiger partial charge in [0.1, 0.15) is 12.4 Å². The molecule has 0 aliphatic carbocycles. The van der Waals surface area contributed by atoms with Gasteiger partial charge in [-0.15, -0.1) is 11.3 Å². The van der Waals surface area contributed by atoms with Crippen molar-refractivity contribution in [3.05, 3.63) is 40.8 Å². The van der Waals surface area contributed by atoms with Crippen LogP contribution in [0, 0.1) is 0 Å². The molecule has 3 heterocycles. The molecule has 1 fully saturated rings. The second kappa shape index (κ2) is 6.99. The molecule has 1 aromatic carbocycles. The highest BCUT2D eigenvalue weighted by molar-refractivity contribution is 7.17. The Hall–Kier alpha value is -2.54. The highest BCUT2D eigenvalue weighted by Gasteiger charge is 2.26. The minimum Gasteiger partial charge on any atom is -0.488 e. The van der Waals surface area contributed by atoms with Gasteiger partial charge < -0.3 is 19.7 Å². The molecule has 7 heteroatoms. The van der Waals surface area contributed by atoms with Crippen molar-refractivity contribution in [2.24, 2.45) is 0 Å². The van der Waals surface area contributed by atoms with E-state index in [9.17, 15) is 9.59 Å². The predicted octanol–water partition coefficient (Wildman–Crippen LogP) is 3.27. The van der Waals surface area contributed by atoms with Crippen LogP contribution < -0.4 is 10.1 Å². The van der Waals surface area contributed by atoms with Crippen molar-refractivity contribution in [3.63, 3.8) is 0 Å². The van der Waals surface area contributed by atoms with E-state index < -0.39 is 0 Å². The molecular weight excluding hydrogens is 352 g/mol. The number of likely N-dealkylation sites (tertiary alicyclic amines) is 1. The van der Waals surface area contributed by atoms with Crippen molar-refractivity contribution in [3.8, 4) is 16.2 Å². The van der Waals surface area contributed by atoms with Crippen molar-refractivity contribution in [1.82, 2.24) is 10.2 Å². The Morgan fingerprint density at radius 3 is 2.81 bits per heavy atom. The molecule has 2 amide bonds. The molecule has 0 radical (unpaired) electrons. The van der Waals surface area contributed by atoms with Crippen molar-refractivity contribution in [2.45, 2.75) is 25.5 Å². The summed E-state index contributed by atoms with van der Waals surface area (Å²) in [5.41, 5.74) is 2.10. The minimum atomic E-state index is -0.306. The third kappa shape index (κ3) is 3.14. The Morgan fingerprint density at radius 2 is 2.04 bits per heavy atom. The second-order valence-electron chi connectivity index (χ2n) is 6.45. The molecule has 0 bridgehead atoms. The van der Waals surface area contributed by atoms with Gasteiger partial charge >= 0.3 is 6.09 Å². The van der Waals surface area contributed by atoms with Crippen LogP contribution in [0.1, 0.15) is 28.1 Å². The Labute approximate surface area is 155 Å². The summed E-state index contributed by atoms with van der Waals surface area (Å²) >= 11 is 1.51. The number of hydrogen-bond donors (Lipinski definition) is 1. The number of hydrogen-bond acceptors (Lipinski definition) is 5. The molecule has 0 saturated carbocycles. The van der Waals surface area contributed by atoms with E-state index in [-0.39, 0.29) is 18.0 Å². The van der Waals surface area contributed by atoms with Gasteiger partial charge in [0, 0.05) is 35.1 Å². The molecule has 1 saturated heterocycles. The van der Waals surface area contributed by atoms with Gasteiger partial charge in [-0.2, -0.15) is 0 Å². The molecular formula is C19H20N2O4S. The van der Waals surface area contributed by atoms with E-state index >= 15 is 0 Å². The number of amides is 2. The lowest BCUT2D eigenvalue weighted by atomic mass is 10.0. The number of benzene rings is 1. The fraction of sp³-hybridized carbons (Fsp3) is 0.368. The van der Waals surface area contributed by atoms with Crippen LogP contribution >= 0.6 is 11.3 Å². The Bertz CT molecular complexity index is 840. The van der Waals surface area contributed by atoms with Gasteiger partial charge in [0.05, 0.1) is 12.0 Å². The minimum absolute atomic E-state index is 0.0570. The van der Waals surface area contributed by atoms with E-state index in [0.29, 0.717) is 24.6 Å². The zero-order chi connectivity index (χ0) is 18.1. The lowest BCUT2D eigenvalue weighted by Gasteiger charge is -2.31. The van der Waals surface area contributed by atoms with Crippen molar-refractivity contribution in [2.75, 3.05) is 20.2 Å². The first kappa shape index (κ1) is 16.9. The average Bonchev–Trinajstić information content (AvgIpc) is 3.13. The number of carbonyl (C=O) groups excluding carboxylic acids is 2. The van der Waals surface area contributed by atoms with Crippen molar-refractivity contribution in [1.29, 1.82) is 0 Å². The molecule has 6 nitrogen and oxygen atoms in total. The first-order valence-corrected chi connectivity index (χ1v) is 9.46. The summed E-state index contributed by atoms with van der Waals surface area (Å²) in [6, 6.07) is 9.90. The van der Waals surface area contributed by atoms with Crippen LogP contribution in [0.3, 0.4) is 0 Å². The zero-order valence-corrected chi connectivity index (χ0v) is 15.3. The van der Waals surface area contributed by atoms with Crippen LogP contribution in [0.2, 0.25) is 0 Å². The van der Waals surface area contributed by atoms with Crippen molar-refractivity contribution >= 4 is 23.3 Å². The van der Waals surface area contributed by atoms with Gasteiger partial charge in [-0.25, -0.2) is 4.79 Å². The molecule has 1 aromatic heterocycles. The lowest BCUT2D eigenvalue weighted by Crippen LogP contribution is -2.46. The van der Waals surface area contributed by atoms with Gasteiger partial charge in [-0.3, -0.25) is 4.79 Å². The Morgan fingerprint density at radius 1 is 1.27 bits per heavy atom. The molecule has 136 valence electrons. The number of para-hydroxylation sites is 1. The number of nitrogens with zero attached hydrogens (tertiary/aromatic N) is 1. The maximum absolute atomic E-state index is 12.7. The molecule has 26 heavy (non-hydrogen) atoms. The molecule has 0 atom stereocenters. The SMILES string of the molecule is COC(=O)N1CCC(NC(=O)c2cc3c(s2)-c2ccccc2OC3)CC1. The summed E-state index contributed by atoms with van der Waals surface area (Å²) in [5.74, 6) is 0.808. The van der Waals surface area contributed by atoms with E-state index in [1.165, 1.54) is 18.4 Å². The van der Waals surface area contributed by atoms with Gasteiger partial charge in [0.25, 0.3) is 5.91 Å². The quantitative estimate of drug-likeness (QED) is 0.879. The molecule has 1 N–H and O–H groups in total. The first-order valence-electron chi connectivity index (χ1n) is 8.64. The molecule has 2 aliphatic rings. The largest absolute Gasteiger partial charge is 0.488 e. The number of thiophene rings is 1. The summed E-state index contributed by atoms with van der Waals surface area (Å²) in [6.45, 7) is 1.69. The third-order valence-corrected chi connectivity index (χ3v) is 6.02. The number of fused-ring (bicyclic) bond motifs is 3. The molecule has 0 unspecified atom stereocenters. The Balaban J connectivity index is 1.43. The summed E-state index contributed by atoms with van der Waals surface area (Å²) in [7, 11) is 1.39. The summed E-state index contributed by atoms with van der Waals surface area (Å²) in [6.07, 6.45) is 1.16. The third-order valence-electron chi connectivity index (χ3n) is 4.81. The smallest absolute Gasteiger partial charge is 0.409 e. The number of piperidine rings is 1. The van der Waals surface area contributed by atoms with Crippen LogP contribution in [0.25, 0.3) is 10.4 Å². The predicted molar refractivity (Wildman–Crippen MR) is 98.6 cm³/mol. The monoisotopic (exact) mass is 372 g/mol. The number of carbonyl (C=O) groups is 2. The van der Waals surface area contributed by atoms with Crippen LogP contribution in [0.15, 0.2) is 30.3 Å². The van der Waals surface area contributed by atoms with E-state index in [1.54, 1.807) is 4.90 Å². The van der Waals surface area contributed by atoms with Crippen LogP contribution in [0.4, 0.5) is 4.79 Å². The number of ether oxygens (including phenoxy) is 2. The first-order chi connectivity index (χ1) is 12.7. The number of rotatable bonds is 2. The normalized spacial score (nSPS) is 16.3. The van der Waals surface area contributed by atoms with Crippen LogP contribution in [-0.4, -0.2) is 43.1 Å². The standard InChI is InChI=1S/C19H20N2O4S/c1-24-19(23)21-8-6-13(7-9-21)20-18(22)16-10-12-11-25-15-5-3-2-4-14(15)17(12)26-16/h2-5,10,13H,6-9,11H2,1H3,(H,20,22). The summed E-state index contributed by atoms with van der Waals surface area (Å²) in [5, 5.41) is 3.10. The van der Waals surface area contributed by atoms with Crippen LogP contribution in [0.5, 0.6) is 5.75 Å². The van der Waals surface area contributed by atoms with Gasteiger partial charge in [-0.1, -0.05) is 12.1 Å². The fourth-order valence-electron chi connectivity index (χ4n) is 3.40. The van der Waals surface area contributed by atoms with Gasteiger partial charge in [0.2, 0.25) is 0 Å². The van der Waals surface area contributed by atoms with Gasteiger partial charge in [0.15, 0.2) is 0 Å². The lowest BCUT2D eigenvalue weighted by molar-refractivity contribution is 0.0896. The second-order valence-corrected chi connectivity index (χ2v) is 7.51. The van der Waals surface area contributed by atoms with Crippen molar-refractivity contribution < 1.29 is 19.1 Å². The maximum Gasteiger partial charge on any atom is 0.409 e. The molecule has 2 aliphatic heterocycles. The topological polar surface area (TPSA) is 67.9 Å². The average molecular weight is 372 g/mol. The number of nitrogens with one attached hydrogen (secondary N) is 1. The highest BCUT2D eigenvalue weighted by Crippen LogP contribution is 2.42. The number of methoxy groups -OCH3 is 1. The van der Waals surface area contributed by atoms with E-state index in [2.05, 4.69) is 5.32 Å². The van der Waals surface area contributed by atoms with E-state index in [1.807, 2.05) is 30.3 Å². The molecule has 4 rings (SSSR count). The molecule has 2 aromatic rings. The molecule has 0 spiro atoms. The fourth-order valence-corrected chi connectivity index (χ4v) is 4.50. The Kier molecular flexibility index (Phi) is 4.55. The van der Waals surface area contributed by atoms with Crippen LogP contribution in [-0.2, 0) is 11.3 Å². The zero-order valence-electron chi connectivity index (χ0n) is 14.5.